The van der Waals surface area contributed by atoms with Crippen LogP contribution in [0, 0.1) is 13.8 Å². The van der Waals surface area contributed by atoms with Crippen LogP contribution in [0.2, 0.25) is 0 Å². The second kappa shape index (κ2) is 10.2. The Morgan fingerprint density at radius 2 is 1.82 bits per heavy atom. The van der Waals surface area contributed by atoms with E-state index in [2.05, 4.69) is 15.6 Å². The molecule has 9 heteroatoms. The Balaban J connectivity index is 1.30. The number of benzene rings is 2. The highest BCUT2D eigenvalue weighted by molar-refractivity contribution is 7.14. The largest absolute Gasteiger partial charge is 0.497 e. The Morgan fingerprint density at radius 1 is 1.03 bits per heavy atom. The number of nitrogens with one attached hydrogen (secondary N) is 2. The number of aryl methyl sites for hydroxylation is 2. The molecule has 2 heterocycles. The molecular weight excluding hydrogens is 454 g/mol. The van der Waals surface area contributed by atoms with Gasteiger partial charge in [0.15, 0.2) is 11.7 Å². The van der Waals surface area contributed by atoms with Gasteiger partial charge in [-0.3, -0.25) is 14.9 Å². The number of hydrogen-bond donors (Lipinski definition) is 2. The van der Waals surface area contributed by atoms with E-state index >= 15 is 0 Å². The molecule has 0 aliphatic rings. The molecule has 174 valence electrons. The minimum absolute atomic E-state index is 0.169. The maximum atomic E-state index is 12.6. The van der Waals surface area contributed by atoms with E-state index < -0.39 is 0 Å². The van der Waals surface area contributed by atoms with Crippen LogP contribution in [-0.4, -0.2) is 30.5 Å². The molecule has 0 aliphatic carbocycles. The SMILES string of the molecule is COc1cccc(NC(=O)COc2ccc(C(=O)Nc3nc(-c4cc(C)oc4C)cs3)cc2)c1. The number of furan rings is 1. The molecule has 0 bridgehead atoms. The first-order chi connectivity index (χ1) is 16.4. The minimum Gasteiger partial charge on any atom is -0.497 e. The van der Waals surface area contributed by atoms with Crippen molar-refractivity contribution in [3.8, 4) is 22.8 Å². The summed E-state index contributed by atoms with van der Waals surface area (Å²) < 4.78 is 16.2. The second-order valence-electron chi connectivity index (χ2n) is 7.41. The molecule has 0 atom stereocenters. The molecule has 2 aromatic heterocycles. The third-order valence-electron chi connectivity index (χ3n) is 4.88. The lowest BCUT2D eigenvalue weighted by Crippen LogP contribution is -2.20. The minimum atomic E-state index is -0.308. The van der Waals surface area contributed by atoms with Crippen LogP contribution in [0.5, 0.6) is 11.5 Å². The van der Waals surface area contributed by atoms with Gasteiger partial charge in [0.25, 0.3) is 11.8 Å². The molecule has 0 unspecified atom stereocenters. The quantitative estimate of drug-likeness (QED) is 0.357. The van der Waals surface area contributed by atoms with E-state index in [1.807, 2.05) is 25.3 Å². The summed E-state index contributed by atoms with van der Waals surface area (Å²) in [5.41, 5.74) is 2.72. The van der Waals surface area contributed by atoms with Crippen molar-refractivity contribution in [2.45, 2.75) is 13.8 Å². The van der Waals surface area contributed by atoms with Gasteiger partial charge in [-0.1, -0.05) is 6.07 Å². The second-order valence-corrected chi connectivity index (χ2v) is 8.27. The zero-order valence-corrected chi connectivity index (χ0v) is 19.7. The lowest BCUT2D eigenvalue weighted by atomic mass is 10.2. The molecule has 8 nitrogen and oxygen atoms in total. The number of aromatic nitrogens is 1. The molecule has 0 saturated carbocycles. The fourth-order valence-electron chi connectivity index (χ4n) is 3.26. The topological polar surface area (TPSA) is 103 Å². The van der Waals surface area contributed by atoms with Crippen LogP contribution in [-0.2, 0) is 4.79 Å². The normalized spacial score (nSPS) is 10.6. The number of methoxy groups -OCH3 is 1. The summed E-state index contributed by atoms with van der Waals surface area (Å²) in [7, 11) is 1.56. The first-order valence-corrected chi connectivity index (χ1v) is 11.3. The zero-order chi connectivity index (χ0) is 24.1. The van der Waals surface area contributed by atoms with Crippen molar-refractivity contribution < 1.29 is 23.5 Å². The van der Waals surface area contributed by atoms with Crippen LogP contribution in [0.25, 0.3) is 11.3 Å². The van der Waals surface area contributed by atoms with E-state index in [0.29, 0.717) is 27.9 Å². The van der Waals surface area contributed by atoms with Gasteiger partial charge in [-0.25, -0.2) is 4.98 Å². The highest BCUT2D eigenvalue weighted by Crippen LogP contribution is 2.29. The Bertz CT molecular complexity index is 1310. The Hall–Kier alpha value is -4.11. The van der Waals surface area contributed by atoms with E-state index in [1.54, 1.807) is 55.6 Å². The summed E-state index contributed by atoms with van der Waals surface area (Å²) in [4.78, 5) is 29.2. The van der Waals surface area contributed by atoms with Crippen molar-refractivity contribution in [1.29, 1.82) is 0 Å². The van der Waals surface area contributed by atoms with Crippen LogP contribution in [0.3, 0.4) is 0 Å². The van der Waals surface area contributed by atoms with E-state index in [1.165, 1.54) is 11.3 Å². The molecule has 2 aromatic carbocycles. The first kappa shape index (κ1) is 23.1. The Kier molecular flexibility index (Phi) is 6.93. The third kappa shape index (κ3) is 5.62. The molecule has 0 spiro atoms. The number of nitrogens with zero attached hydrogens (tertiary/aromatic N) is 1. The van der Waals surface area contributed by atoms with Crippen molar-refractivity contribution in [3.63, 3.8) is 0 Å². The summed E-state index contributed by atoms with van der Waals surface area (Å²) in [5, 5.41) is 7.91. The molecule has 0 fully saturated rings. The third-order valence-corrected chi connectivity index (χ3v) is 5.64. The summed E-state index contributed by atoms with van der Waals surface area (Å²) in [6.45, 7) is 3.59. The van der Waals surface area contributed by atoms with Crippen molar-refractivity contribution >= 4 is 34.0 Å². The van der Waals surface area contributed by atoms with Crippen molar-refractivity contribution in [3.05, 3.63) is 77.1 Å². The summed E-state index contributed by atoms with van der Waals surface area (Å²) in [5.74, 6) is 2.12. The van der Waals surface area contributed by atoms with Crippen LogP contribution in [0.15, 0.2) is 64.4 Å². The average molecular weight is 478 g/mol. The highest BCUT2D eigenvalue weighted by Gasteiger charge is 2.14. The first-order valence-electron chi connectivity index (χ1n) is 10.4. The fourth-order valence-corrected chi connectivity index (χ4v) is 3.96. The van der Waals surface area contributed by atoms with Gasteiger partial charge in [0.05, 0.1) is 12.8 Å². The van der Waals surface area contributed by atoms with Gasteiger partial charge in [-0.15, -0.1) is 11.3 Å². The molecule has 0 radical (unpaired) electrons. The lowest BCUT2D eigenvalue weighted by molar-refractivity contribution is -0.118. The van der Waals surface area contributed by atoms with Crippen molar-refractivity contribution in [2.24, 2.45) is 0 Å². The van der Waals surface area contributed by atoms with Crippen molar-refractivity contribution in [1.82, 2.24) is 4.98 Å². The van der Waals surface area contributed by atoms with Gasteiger partial charge in [0, 0.05) is 28.3 Å². The summed E-state index contributed by atoms with van der Waals surface area (Å²) in [6.07, 6.45) is 0. The zero-order valence-electron chi connectivity index (χ0n) is 18.9. The van der Waals surface area contributed by atoms with E-state index in [9.17, 15) is 9.59 Å². The molecule has 0 saturated heterocycles. The van der Waals surface area contributed by atoms with E-state index in [0.717, 1.165) is 22.8 Å². The fraction of sp³-hybridized carbons (Fsp3) is 0.160. The molecule has 4 rings (SSSR count). The van der Waals surface area contributed by atoms with Crippen LogP contribution >= 0.6 is 11.3 Å². The number of carbonyl (C=O) groups is 2. The average Bonchev–Trinajstić information content (AvgIpc) is 3.43. The predicted molar refractivity (Wildman–Crippen MR) is 131 cm³/mol. The monoisotopic (exact) mass is 477 g/mol. The molecule has 0 aliphatic heterocycles. The van der Waals surface area contributed by atoms with Gasteiger partial charge in [-0.05, 0) is 56.3 Å². The van der Waals surface area contributed by atoms with Crippen LogP contribution < -0.4 is 20.1 Å². The maximum Gasteiger partial charge on any atom is 0.262 e. The van der Waals surface area contributed by atoms with Gasteiger partial charge in [0.1, 0.15) is 23.0 Å². The molecule has 2 N–H and O–H groups in total. The number of thiazole rings is 1. The molecular formula is C25H23N3O5S. The molecule has 2 amide bonds. The van der Waals surface area contributed by atoms with Gasteiger partial charge in [0.2, 0.25) is 0 Å². The standard InChI is InChI=1S/C25H23N3O5S/c1-15-11-21(16(2)33-15)22-14-34-25(27-22)28-24(30)17-7-9-19(10-8-17)32-13-23(29)26-18-5-4-6-20(12-18)31-3/h4-12,14H,13H2,1-3H3,(H,26,29)(H,27,28,30). The number of rotatable bonds is 8. The number of anilines is 2. The Labute approximate surface area is 200 Å². The maximum absolute atomic E-state index is 12.6. The Morgan fingerprint density at radius 3 is 2.53 bits per heavy atom. The number of amides is 2. The lowest BCUT2D eigenvalue weighted by Gasteiger charge is -2.09. The number of hydrogen-bond acceptors (Lipinski definition) is 7. The highest BCUT2D eigenvalue weighted by atomic mass is 32.1. The summed E-state index contributed by atoms with van der Waals surface area (Å²) in [6, 6.07) is 15.5. The molecule has 34 heavy (non-hydrogen) atoms. The van der Waals surface area contributed by atoms with Gasteiger partial charge in [-0.2, -0.15) is 0 Å². The van der Waals surface area contributed by atoms with Gasteiger partial charge >= 0.3 is 0 Å². The smallest absolute Gasteiger partial charge is 0.262 e. The number of ether oxygens (including phenoxy) is 2. The van der Waals surface area contributed by atoms with E-state index in [-0.39, 0.29) is 18.4 Å². The van der Waals surface area contributed by atoms with Crippen LogP contribution in [0.4, 0.5) is 10.8 Å². The van der Waals surface area contributed by atoms with Gasteiger partial charge < -0.3 is 19.2 Å². The summed E-state index contributed by atoms with van der Waals surface area (Å²) >= 11 is 1.34. The van der Waals surface area contributed by atoms with Crippen LogP contribution in [0.1, 0.15) is 21.9 Å². The molecule has 4 aromatic rings. The number of carbonyl (C=O) groups excluding carboxylic acids is 2. The van der Waals surface area contributed by atoms with E-state index in [4.69, 9.17) is 13.9 Å². The predicted octanol–water partition coefficient (Wildman–Crippen LogP) is 5.30. The van der Waals surface area contributed by atoms with Crippen molar-refractivity contribution in [2.75, 3.05) is 24.4 Å².